The van der Waals surface area contributed by atoms with Gasteiger partial charge in [-0.2, -0.15) is 4.98 Å². The molecule has 2 rings (SSSR count). The van der Waals surface area contributed by atoms with Gasteiger partial charge in [-0.3, -0.25) is 0 Å². The lowest BCUT2D eigenvalue weighted by molar-refractivity contribution is 0.114. The molecule has 0 amide bonds. The Morgan fingerprint density at radius 3 is 2.86 bits per heavy atom. The van der Waals surface area contributed by atoms with E-state index < -0.39 is 0 Å². The molecular formula is C10H13ClN2O. The van der Waals surface area contributed by atoms with Crippen molar-refractivity contribution in [2.45, 2.75) is 38.7 Å². The van der Waals surface area contributed by atoms with Crippen LogP contribution in [-0.4, -0.2) is 16.1 Å². The van der Waals surface area contributed by atoms with Crippen LogP contribution in [0.2, 0.25) is 5.15 Å². The fraction of sp³-hybridized carbons (Fsp3) is 0.600. The highest BCUT2D eigenvalue weighted by Crippen LogP contribution is 2.25. The lowest BCUT2D eigenvalue weighted by atomic mass is 9.96. The van der Waals surface area contributed by atoms with E-state index in [9.17, 15) is 0 Å². The highest BCUT2D eigenvalue weighted by molar-refractivity contribution is 6.29. The SMILES string of the molecule is CCc1nc(Cl)cc(OC2CCC2)n1. The van der Waals surface area contributed by atoms with Crippen LogP contribution >= 0.6 is 11.6 Å². The molecule has 1 aliphatic rings. The van der Waals surface area contributed by atoms with E-state index in [2.05, 4.69) is 9.97 Å². The molecule has 14 heavy (non-hydrogen) atoms. The second-order valence-corrected chi connectivity index (χ2v) is 3.86. The Balaban J connectivity index is 2.11. The van der Waals surface area contributed by atoms with Gasteiger partial charge in [0.05, 0.1) is 0 Å². The summed E-state index contributed by atoms with van der Waals surface area (Å²) in [4.78, 5) is 8.33. The van der Waals surface area contributed by atoms with Gasteiger partial charge in [0.1, 0.15) is 17.1 Å². The minimum Gasteiger partial charge on any atom is -0.474 e. The summed E-state index contributed by atoms with van der Waals surface area (Å²) >= 11 is 5.84. The van der Waals surface area contributed by atoms with Crippen molar-refractivity contribution in [3.8, 4) is 5.88 Å². The molecule has 0 saturated heterocycles. The molecule has 0 aliphatic heterocycles. The van der Waals surface area contributed by atoms with E-state index >= 15 is 0 Å². The number of halogens is 1. The van der Waals surface area contributed by atoms with Gasteiger partial charge in [-0.15, -0.1) is 0 Å². The Hall–Kier alpha value is -0.830. The van der Waals surface area contributed by atoms with Gasteiger partial charge < -0.3 is 4.74 Å². The molecule has 1 saturated carbocycles. The molecule has 1 aromatic rings. The average molecular weight is 213 g/mol. The zero-order valence-electron chi connectivity index (χ0n) is 8.16. The van der Waals surface area contributed by atoms with E-state index in [1.807, 2.05) is 6.92 Å². The Morgan fingerprint density at radius 2 is 2.29 bits per heavy atom. The zero-order chi connectivity index (χ0) is 9.97. The third kappa shape index (κ3) is 2.15. The minimum absolute atomic E-state index is 0.339. The van der Waals surface area contributed by atoms with Gasteiger partial charge in [0.25, 0.3) is 0 Å². The third-order valence-corrected chi connectivity index (χ3v) is 2.57. The predicted octanol–water partition coefficient (Wildman–Crippen LogP) is 2.62. The first kappa shape index (κ1) is 9.71. The minimum atomic E-state index is 0.339. The molecule has 1 fully saturated rings. The van der Waals surface area contributed by atoms with Crippen LogP contribution in [0, 0.1) is 0 Å². The molecule has 76 valence electrons. The van der Waals surface area contributed by atoms with Gasteiger partial charge >= 0.3 is 0 Å². The van der Waals surface area contributed by atoms with Crippen molar-refractivity contribution >= 4 is 11.6 Å². The van der Waals surface area contributed by atoms with Gasteiger partial charge in [-0.25, -0.2) is 4.98 Å². The van der Waals surface area contributed by atoms with Crippen molar-refractivity contribution in [2.24, 2.45) is 0 Å². The third-order valence-electron chi connectivity index (χ3n) is 2.37. The highest BCUT2D eigenvalue weighted by Gasteiger charge is 2.19. The first-order valence-electron chi connectivity index (χ1n) is 4.98. The topological polar surface area (TPSA) is 35.0 Å². The first-order chi connectivity index (χ1) is 6.78. The van der Waals surface area contributed by atoms with Gasteiger partial charge in [0.15, 0.2) is 0 Å². The van der Waals surface area contributed by atoms with E-state index in [4.69, 9.17) is 16.3 Å². The van der Waals surface area contributed by atoms with Crippen LogP contribution in [0.4, 0.5) is 0 Å². The second-order valence-electron chi connectivity index (χ2n) is 3.47. The normalized spacial score (nSPS) is 16.4. The maximum Gasteiger partial charge on any atom is 0.218 e. The Bertz CT molecular complexity index is 326. The molecule has 0 bridgehead atoms. The maximum absolute atomic E-state index is 5.84. The summed E-state index contributed by atoms with van der Waals surface area (Å²) in [6, 6.07) is 1.68. The van der Waals surface area contributed by atoms with Crippen molar-refractivity contribution in [2.75, 3.05) is 0 Å². The highest BCUT2D eigenvalue weighted by atomic mass is 35.5. The summed E-state index contributed by atoms with van der Waals surface area (Å²) in [5.74, 6) is 1.36. The largest absolute Gasteiger partial charge is 0.474 e. The van der Waals surface area contributed by atoms with Crippen molar-refractivity contribution in [3.05, 3.63) is 17.0 Å². The maximum atomic E-state index is 5.84. The Kier molecular flexibility index (Phi) is 2.87. The van der Waals surface area contributed by atoms with E-state index in [1.165, 1.54) is 6.42 Å². The van der Waals surface area contributed by atoms with Gasteiger partial charge in [0, 0.05) is 12.5 Å². The second kappa shape index (κ2) is 4.13. The molecule has 0 N–H and O–H groups in total. The average Bonchev–Trinajstić information content (AvgIpc) is 2.10. The zero-order valence-corrected chi connectivity index (χ0v) is 8.92. The standard InChI is InChI=1S/C10H13ClN2O/c1-2-9-12-8(11)6-10(13-9)14-7-4-3-5-7/h6-7H,2-5H2,1H3. The van der Waals surface area contributed by atoms with Gasteiger partial charge in [-0.1, -0.05) is 18.5 Å². The summed E-state index contributed by atoms with van der Waals surface area (Å²) < 4.78 is 5.64. The molecular weight excluding hydrogens is 200 g/mol. The smallest absolute Gasteiger partial charge is 0.218 e. The number of aromatic nitrogens is 2. The summed E-state index contributed by atoms with van der Waals surface area (Å²) in [6.45, 7) is 2.00. The van der Waals surface area contributed by atoms with Crippen molar-refractivity contribution in [1.29, 1.82) is 0 Å². The summed E-state index contributed by atoms with van der Waals surface area (Å²) in [5, 5.41) is 0.464. The Labute approximate surface area is 88.5 Å². The molecule has 0 spiro atoms. The molecule has 1 aliphatic carbocycles. The number of hydrogen-bond acceptors (Lipinski definition) is 3. The molecule has 0 radical (unpaired) electrons. The van der Waals surface area contributed by atoms with E-state index in [1.54, 1.807) is 6.07 Å². The van der Waals surface area contributed by atoms with Crippen molar-refractivity contribution < 1.29 is 4.74 Å². The summed E-state index contributed by atoms with van der Waals surface area (Å²) in [5.41, 5.74) is 0. The monoisotopic (exact) mass is 212 g/mol. The molecule has 0 aromatic carbocycles. The van der Waals surface area contributed by atoms with Crippen LogP contribution in [0.1, 0.15) is 32.0 Å². The number of rotatable bonds is 3. The molecule has 1 heterocycles. The lowest BCUT2D eigenvalue weighted by Gasteiger charge is -2.25. The quantitative estimate of drug-likeness (QED) is 0.723. The van der Waals surface area contributed by atoms with Crippen LogP contribution in [0.25, 0.3) is 0 Å². The van der Waals surface area contributed by atoms with Crippen LogP contribution in [0.15, 0.2) is 6.07 Å². The summed E-state index contributed by atoms with van der Waals surface area (Å²) in [6.07, 6.45) is 4.63. The van der Waals surface area contributed by atoms with Crippen LogP contribution in [-0.2, 0) is 6.42 Å². The van der Waals surface area contributed by atoms with E-state index in [0.717, 1.165) is 25.1 Å². The summed E-state index contributed by atoms with van der Waals surface area (Å²) in [7, 11) is 0. The van der Waals surface area contributed by atoms with Crippen molar-refractivity contribution in [1.82, 2.24) is 9.97 Å². The predicted molar refractivity (Wildman–Crippen MR) is 54.7 cm³/mol. The number of hydrogen-bond donors (Lipinski definition) is 0. The van der Waals surface area contributed by atoms with Crippen LogP contribution in [0.5, 0.6) is 5.88 Å². The van der Waals surface area contributed by atoms with Gasteiger partial charge in [-0.05, 0) is 19.3 Å². The fourth-order valence-corrected chi connectivity index (χ4v) is 1.51. The van der Waals surface area contributed by atoms with Crippen LogP contribution in [0.3, 0.4) is 0 Å². The molecule has 0 unspecified atom stereocenters. The molecule has 0 atom stereocenters. The first-order valence-corrected chi connectivity index (χ1v) is 5.36. The molecule has 1 aromatic heterocycles. The lowest BCUT2D eigenvalue weighted by Crippen LogP contribution is -2.25. The van der Waals surface area contributed by atoms with E-state index in [-0.39, 0.29) is 0 Å². The van der Waals surface area contributed by atoms with Crippen LogP contribution < -0.4 is 4.74 Å². The number of ether oxygens (including phenoxy) is 1. The van der Waals surface area contributed by atoms with Gasteiger partial charge in [0.2, 0.25) is 5.88 Å². The van der Waals surface area contributed by atoms with Crippen molar-refractivity contribution in [3.63, 3.8) is 0 Å². The Morgan fingerprint density at radius 1 is 1.50 bits per heavy atom. The fourth-order valence-electron chi connectivity index (χ4n) is 1.32. The number of nitrogens with zero attached hydrogens (tertiary/aromatic N) is 2. The van der Waals surface area contributed by atoms with E-state index in [0.29, 0.717) is 17.1 Å². The molecule has 3 nitrogen and oxygen atoms in total. The number of aryl methyl sites for hydroxylation is 1. The molecule has 4 heteroatoms.